The number of hydrogen-bond donors (Lipinski definition) is 2. The van der Waals surface area contributed by atoms with Crippen LogP contribution in [-0.4, -0.2) is 31.0 Å². The molecule has 29 heavy (non-hydrogen) atoms. The average Bonchev–Trinajstić information content (AvgIpc) is 2.73. The summed E-state index contributed by atoms with van der Waals surface area (Å²) >= 11 is 0. The van der Waals surface area contributed by atoms with Gasteiger partial charge in [-0.15, -0.1) is 0 Å². The van der Waals surface area contributed by atoms with Crippen LogP contribution in [0.3, 0.4) is 0 Å². The molecule has 1 aliphatic carbocycles. The normalized spacial score (nSPS) is 21.4. The molecule has 2 atom stereocenters. The van der Waals surface area contributed by atoms with Gasteiger partial charge in [0.25, 0.3) is 0 Å². The Balaban J connectivity index is 1.76. The number of amides is 1. The Bertz CT molecular complexity index is 971. The van der Waals surface area contributed by atoms with E-state index in [0.717, 1.165) is 5.56 Å². The van der Waals surface area contributed by atoms with E-state index in [9.17, 15) is 14.7 Å². The van der Waals surface area contributed by atoms with E-state index in [0.29, 0.717) is 29.7 Å². The summed E-state index contributed by atoms with van der Waals surface area (Å²) in [5.74, 6) is -0.0442. The SMILES string of the molecule is COc1cc(C2CC(=O)NC3=C2C(=O)CC(c2ccccc2)C3)cc(OC)c1O. The maximum Gasteiger partial charge on any atom is 0.225 e. The van der Waals surface area contributed by atoms with Gasteiger partial charge in [-0.25, -0.2) is 0 Å². The van der Waals surface area contributed by atoms with Gasteiger partial charge in [-0.05, 0) is 35.6 Å². The summed E-state index contributed by atoms with van der Waals surface area (Å²) in [4.78, 5) is 25.6. The van der Waals surface area contributed by atoms with Crippen molar-refractivity contribution in [1.29, 1.82) is 0 Å². The van der Waals surface area contributed by atoms with Gasteiger partial charge in [0.05, 0.1) is 14.2 Å². The summed E-state index contributed by atoms with van der Waals surface area (Å²) < 4.78 is 10.5. The number of rotatable bonds is 4. The van der Waals surface area contributed by atoms with Crippen LogP contribution < -0.4 is 14.8 Å². The molecular formula is C23H23NO5. The molecule has 0 bridgehead atoms. The second-order valence-electron chi connectivity index (χ2n) is 7.41. The van der Waals surface area contributed by atoms with Crippen molar-refractivity contribution >= 4 is 11.7 Å². The fraction of sp³-hybridized carbons (Fsp3) is 0.304. The molecule has 0 aromatic heterocycles. The smallest absolute Gasteiger partial charge is 0.225 e. The quantitative estimate of drug-likeness (QED) is 0.832. The van der Waals surface area contributed by atoms with Crippen molar-refractivity contribution in [3.05, 3.63) is 64.9 Å². The Morgan fingerprint density at radius 1 is 0.931 bits per heavy atom. The van der Waals surface area contributed by atoms with Crippen molar-refractivity contribution in [2.45, 2.75) is 31.1 Å². The minimum Gasteiger partial charge on any atom is -0.502 e. The predicted molar refractivity (Wildman–Crippen MR) is 107 cm³/mol. The standard InChI is InChI=1S/C23H23NO5/c1-28-19-10-15(11-20(29-2)23(19)27)16-12-21(26)24-17-8-14(9-18(25)22(16)17)13-6-4-3-5-7-13/h3-7,10-11,14,16,27H,8-9,12H2,1-2H3,(H,24,26). The van der Waals surface area contributed by atoms with Crippen molar-refractivity contribution in [1.82, 2.24) is 5.32 Å². The third-order valence-electron chi connectivity index (χ3n) is 5.71. The van der Waals surface area contributed by atoms with Crippen LogP contribution in [0.4, 0.5) is 0 Å². The number of phenols is 1. The Morgan fingerprint density at radius 3 is 2.21 bits per heavy atom. The van der Waals surface area contributed by atoms with Crippen LogP contribution >= 0.6 is 0 Å². The Hall–Kier alpha value is -3.28. The van der Waals surface area contributed by atoms with Gasteiger partial charge in [0.1, 0.15) is 0 Å². The van der Waals surface area contributed by atoms with Gasteiger partial charge >= 0.3 is 0 Å². The summed E-state index contributed by atoms with van der Waals surface area (Å²) in [6, 6.07) is 13.2. The fourth-order valence-corrected chi connectivity index (χ4v) is 4.32. The van der Waals surface area contributed by atoms with Crippen molar-refractivity contribution in [3.8, 4) is 17.2 Å². The first-order valence-electron chi connectivity index (χ1n) is 9.57. The number of Topliss-reactive ketones (excluding diaryl/α,β-unsaturated/α-hetero) is 1. The molecule has 150 valence electrons. The minimum atomic E-state index is -0.397. The first-order valence-corrected chi connectivity index (χ1v) is 9.57. The van der Waals surface area contributed by atoms with Crippen LogP contribution in [-0.2, 0) is 9.59 Å². The van der Waals surface area contributed by atoms with E-state index in [4.69, 9.17) is 9.47 Å². The molecule has 1 aliphatic heterocycles. The number of benzene rings is 2. The maximum absolute atomic E-state index is 13.2. The van der Waals surface area contributed by atoms with E-state index < -0.39 is 5.92 Å². The van der Waals surface area contributed by atoms with Gasteiger partial charge in [0.2, 0.25) is 11.7 Å². The largest absolute Gasteiger partial charge is 0.502 e. The monoisotopic (exact) mass is 393 g/mol. The van der Waals surface area contributed by atoms with Gasteiger partial charge in [-0.2, -0.15) is 0 Å². The summed E-state index contributed by atoms with van der Waals surface area (Å²) in [6.07, 6.45) is 1.18. The number of methoxy groups -OCH3 is 2. The highest BCUT2D eigenvalue weighted by Crippen LogP contribution is 2.46. The molecule has 0 spiro atoms. The molecule has 2 aromatic rings. The van der Waals surface area contributed by atoms with Crippen LogP contribution in [0.25, 0.3) is 0 Å². The van der Waals surface area contributed by atoms with Gasteiger partial charge in [-0.1, -0.05) is 30.3 Å². The lowest BCUT2D eigenvalue weighted by Gasteiger charge is -2.34. The zero-order chi connectivity index (χ0) is 20.5. The third kappa shape index (κ3) is 3.46. The highest BCUT2D eigenvalue weighted by Gasteiger charge is 2.38. The summed E-state index contributed by atoms with van der Waals surface area (Å²) in [5.41, 5.74) is 3.15. The molecular weight excluding hydrogens is 370 g/mol. The van der Waals surface area contributed by atoms with Crippen LogP contribution in [0.5, 0.6) is 17.2 Å². The van der Waals surface area contributed by atoms with Gasteiger partial charge in [0, 0.05) is 30.0 Å². The number of carbonyl (C=O) groups is 2. The molecule has 0 radical (unpaired) electrons. The number of ketones is 1. The van der Waals surface area contributed by atoms with E-state index in [1.54, 1.807) is 12.1 Å². The number of carbonyl (C=O) groups excluding carboxylic acids is 2. The summed E-state index contributed by atoms with van der Waals surface area (Å²) in [6.45, 7) is 0. The molecule has 0 saturated carbocycles. The van der Waals surface area contributed by atoms with Crippen LogP contribution in [0, 0.1) is 0 Å². The summed E-state index contributed by atoms with van der Waals surface area (Å²) in [7, 11) is 2.90. The fourth-order valence-electron chi connectivity index (χ4n) is 4.32. The number of nitrogens with one attached hydrogen (secondary N) is 1. The zero-order valence-corrected chi connectivity index (χ0v) is 16.4. The van der Waals surface area contributed by atoms with Crippen LogP contribution in [0.1, 0.15) is 42.2 Å². The first-order chi connectivity index (χ1) is 14.0. The molecule has 2 N–H and O–H groups in total. The lowest BCUT2D eigenvalue weighted by molar-refractivity contribution is -0.122. The third-order valence-corrected chi connectivity index (χ3v) is 5.71. The van der Waals surface area contributed by atoms with E-state index in [-0.39, 0.29) is 41.3 Å². The molecule has 1 heterocycles. The summed E-state index contributed by atoms with van der Waals surface area (Å²) in [5, 5.41) is 13.1. The number of phenolic OH excluding ortho intramolecular Hbond substituents is 1. The average molecular weight is 393 g/mol. The zero-order valence-electron chi connectivity index (χ0n) is 16.4. The second kappa shape index (κ2) is 7.62. The lowest BCUT2D eigenvalue weighted by Crippen LogP contribution is -2.38. The maximum atomic E-state index is 13.2. The van der Waals surface area contributed by atoms with E-state index in [1.165, 1.54) is 14.2 Å². The van der Waals surface area contributed by atoms with Crippen molar-refractivity contribution < 1.29 is 24.2 Å². The lowest BCUT2D eigenvalue weighted by atomic mass is 9.73. The molecule has 6 nitrogen and oxygen atoms in total. The molecule has 0 saturated heterocycles. The molecule has 0 fully saturated rings. The minimum absolute atomic E-state index is 0.0381. The Morgan fingerprint density at radius 2 is 1.59 bits per heavy atom. The van der Waals surface area contributed by atoms with Crippen molar-refractivity contribution in [3.63, 3.8) is 0 Å². The van der Waals surface area contributed by atoms with Gasteiger partial charge in [0.15, 0.2) is 17.3 Å². The number of ether oxygens (including phenoxy) is 2. The highest BCUT2D eigenvalue weighted by molar-refractivity contribution is 6.02. The van der Waals surface area contributed by atoms with E-state index in [1.807, 2.05) is 30.3 Å². The van der Waals surface area contributed by atoms with E-state index in [2.05, 4.69) is 5.32 Å². The molecule has 2 unspecified atom stereocenters. The van der Waals surface area contributed by atoms with Crippen molar-refractivity contribution in [2.24, 2.45) is 0 Å². The molecule has 6 heteroatoms. The highest BCUT2D eigenvalue weighted by atomic mass is 16.5. The number of aromatic hydroxyl groups is 1. The first kappa shape index (κ1) is 19.1. The van der Waals surface area contributed by atoms with E-state index >= 15 is 0 Å². The van der Waals surface area contributed by atoms with Crippen LogP contribution in [0.2, 0.25) is 0 Å². The molecule has 2 aromatic carbocycles. The Labute approximate surface area is 169 Å². The predicted octanol–water partition coefficient (Wildman–Crippen LogP) is 3.41. The number of allylic oxidation sites excluding steroid dienone is 2. The Kier molecular flexibility index (Phi) is 5.01. The van der Waals surface area contributed by atoms with Gasteiger partial charge in [-0.3, -0.25) is 9.59 Å². The second-order valence-corrected chi connectivity index (χ2v) is 7.41. The molecule has 2 aliphatic rings. The van der Waals surface area contributed by atoms with Crippen molar-refractivity contribution in [2.75, 3.05) is 14.2 Å². The molecule has 1 amide bonds. The van der Waals surface area contributed by atoms with Gasteiger partial charge < -0.3 is 19.9 Å². The topological polar surface area (TPSA) is 84.9 Å². The molecule has 4 rings (SSSR count). The number of hydrogen-bond acceptors (Lipinski definition) is 5. The van der Waals surface area contributed by atoms with Crippen LogP contribution in [0.15, 0.2) is 53.7 Å².